The van der Waals surface area contributed by atoms with E-state index in [1.165, 1.54) is 18.2 Å². The third-order valence-electron chi connectivity index (χ3n) is 5.29. The molecule has 9 N–H and O–H groups in total. The highest BCUT2D eigenvalue weighted by molar-refractivity contribution is 6.02. The molecule has 3 rings (SSSR count). The van der Waals surface area contributed by atoms with Gasteiger partial charge < -0.3 is 37.9 Å². The number of benzene rings is 2. The lowest BCUT2D eigenvalue weighted by molar-refractivity contribution is -0.126. The van der Waals surface area contributed by atoms with E-state index >= 15 is 0 Å². The summed E-state index contributed by atoms with van der Waals surface area (Å²) in [7, 11) is 0. The molecule has 4 amide bonds. The highest BCUT2D eigenvalue weighted by Gasteiger charge is 2.23. The van der Waals surface area contributed by atoms with Gasteiger partial charge in [-0.3, -0.25) is 19.2 Å². The van der Waals surface area contributed by atoms with Crippen molar-refractivity contribution in [3.05, 3.63) is 53.1 Å². The first-order valence-corrected chi connectivity index (χ1v) is 10.8. The van der Waals surface area contributed by atoms with Crippen molar-refractivity contribution in [2.24, 2.45) is 11.5 Å². The molecule has 1 heterocycles. The Labute approximate surface area is 196 Å². The quantitative estimate of drug-likeness (QED) is 0.267. The second-order valence-electron chi connectivity index (χ2n) is 7.86. The van der Waals surface area contributed by atoms with Gasteiger partial charge in [-0.1, -0.05) is 6.07 Å². The normalized spacial score (nSPS) is 16.6. The number of anilines is 2. The van der Waals surface area contributed by atoms with Crippen LogP contribution in [-0.4, -0.2) is 42.8 Å². The molecule has 1 atom stereocenters. The number of carbonyl (C=O) groups is 4. The summed E-state index contributed by atoms with van der Waals surface area (Å²) in [6.45, 7) is 0.0717. The van der Waals surface area contributed by atoms with E-state index in [-0.39, 0.29) is 30.0 Å². The largest absolute Gasteiger partial charge is 0.488 e. The Hall–Kier alpha value is -4.12. The number of carbonyl (C=O) groups excluding carboxylic acids is 4. The van der Waals surface area contributed by atoms with E-state index < -0.39 is 29.7 Å². The van der Waals surface area contributed by atoms with E-state index in [0.29, 0.717) is 42.7 Å². The molecule has 0 saturated carbocycles. The summed E-state index contributed by atoms with van der Waals surface area (Å²) in [5, 5.41) is 7.94. The molecule has 1 aliphatic heterocycles. The molecule has 0 fully saturated rings. The van der Waals surface area contributed by atoms with Crippen LogP contribution in [0.25, 0.3) is 0 Å². The van der Waals surface area contributed by atoms with Gasteiger partial charge in [-0.15, -0.1) is 0 Å². The van der Waals surface area contributed by atoms with Gasteiger partial charge >= 0.3 is 0 Å². The molecule has 2 aromatic carbocycles. The summed E-state index contributed by atoms with van der Waals surface area (Å²) in [6.07, 6.45) is 1.61. The first-order valence-electron chi connectivity index (χ1n) is 10.8. The summed E-state index contributed by atoms with van der Waals surface area (Å²) in [5.74, 6) is -2.01. The van der Waals surface area contributed by atoms with Gasteiger partial charge in [0.2, 0.25) is 17.7 Å². The van der Waals surface area contributed by atoms with Crippen LogP contribution < -0.4 is 37.9 Å². The first kappa shape index (κ1) is 24.5. The van der Waals surface area contributed by atoms with E-state index in [4.69, 9.17) is 21.9 Å². The van der Waals surface area contributed by atoms with E-state index in [1.807, 2.05) is 0 Å². The summed E-state index contributed by atoms with van der Waals surface area (Å²) < 4.78 is 5.85. The number of rotatable bonds is 5. The van der Waals surface area contributed by atoms with Crippen LogP contribution in [0, 0.1) is 0 Å². The van der Waals surface area contributed by atoms with Crippen LogP contribution in [0.15, 0.2) is 36.4 Å². The number of amides is 4. The molecule has 34 heavy (non-hydrogen) atoms. The Balaban J connectivity index is 2.00. The smallest absolute Gasteiger partial charge is 0.255 e. The van der Waals surface area contributed by atoms with Crippen molar-refractivity contribution in [3.63, 3.8) is 0 Å². The number of hydrogen-bond donors (Lipinski definition) is 6. The Morgan fingerprint density at radius 1 is 1.09 bits per heavy atom. The van der Waals surface area contributed by atoms with E-state index in [9.17, 15) is 19.2 Å². The first-order chi connectivity index (χ1) is 16.3. The molecule has 1 unspecified atom stereocenters. The number of primary amides is 1. The Kier molecular flexibility index (Phi) is 8.04. The van der Waals surface area contributed by atoms with Crippen LogP contribution in [0.3, 0.4) is 0 Å². The molecule has 0 radical (unpaired) electrons. The van der Waals surface area contributed by atoms with Crippen molar-refractivity contribution in [2.75, 3.05) is 24.1 Å². The zero-order chi connectivity index (χ0) is 24.7. The van der Waals surface area contributed by atoms with Gasteiger partial charge in [-0.25, -0.2) is 0 Å². The van der Waals surface area contributed by atoms with Crippen molar-refractivity contribution in [3.8, 4) is 5.75 Å². The minimum Gasteiger partial charge on any atom is -0.488 e. The number of nitrogens with one attached hydrogen (secondary N) is 3. The van der Waals surface area contributed by atoms with Crippen LogP contribution in [0.2, 0.25) is 0 Å². The number of nitrogen functional groups attached to an aromatic ring is 1. The van der Waals surface area contributed by atoms with Gasteiger partial charge in [-0.2, -0.15) is 0 Å². The maximum absolute atomic E-state index is 13.1. The fourth-order valence-corrected chi connectivity index (χ4v) is 3.46. The molecule has 0 spiro atoms. The van der Waals surface area contributed by atoms with Gasteiger partial charge in [0.15, 0.2) is 0 Å². The predicted molar refractivity (Wildman–Crippen MR) is 126 cm³/mol. The van der Waals surface area contributed by atoms with Crippen molar-refractivity contribution in [1.82, 2.24) is 10.6 Å². The fourth-order valence-electron chi connectivity index (χ4n) is 3.46. The van der Waals surface area contributed by atoms with Crippen LogP contribution in [0.1, 0.15) is 45.5 Å². The second-order valence-corrected chi connectivity index (χ2v) is 7.86. The van der Waals surface area contributed by atoms with Gasteiger partial charge in [0.25, 0.3) is 5.91 Å². The molecule has 0 bridgehead atoms. The predicted octanol–water partition coefficient (Wildman–Crippen LogP) is 0.242. The summed E-state index contributed by atoms with van der Waals surface area (Å²) in [6, 6.07) is 8.24. The van der Waals surface area contributed by atoms with E-state index in [1.54, 1.807) is 18.2 Å². The molecule has 0 aromatic heterocycles. The van der Waals surface area contributed by atoms with Crippen molar-refractivity contribution in [2.45, 2.75) is 31.9 Å². The maximum atomic E-state index is 13.1. The number of ether oxygens (including phenoxy) is 1. The molecular weight excluding hydrogens is 440 g/mol. The second kappa shape index (κ2) is 11.1. The Bertz CT molecular complexity index is 1100. The van der Waals surface area contributed by atoms with Gasteiger partial charge in [0.05, 0.1) is 12.1 Å². The highest BCUT2D eigenvalue weighted by atomic mass is 16.5. The van der Waals surface area contributed by atoms with Gasteiger partial charge in [-0.05, 0) is 56.1 Å². The van der Waals surface area contributed by atoms with Crippen molar-refractivity contribution < 1.29 is 23.9 Å². The molecule has 11 nitrogen and oxygen atoms in total. The van der Waals surface area contributed by atoms with Crippen molar-refractivity contribution in [1.29, 1.82) is 0 Å². The zero-order valence-corrected chi connectivity index (χ0v) is 18.6. The molecule has 1 aliphatic rings. The molecule has 11 heteroatoms. The summed E-state index contributed by atoms with van der Waals surface area (Å²) in [5.41, 5.74) is 18.3. The van der Waals surface area contributed by atoms with Crippen LogP contribution in [0.5, 0.6) is 5.75 Å². The third-order valence-corrected chi connectivity index (χ3v) is 5.29. The summed E-state index contributed by atoms with van der Waals surface area (Å²) >= 11 is 0. The van der Waals surface area contributed by atoms with Gasteiger partial charge in [0, 0.05) is 22.5 Å². The van der Waals surface area contributed by atoms with Crippen LogP contribution >= 0.6 is 0 Å². The average molecular weight is 469 g/mol. The fraction of sp³-hybridized carbons (Fsp3) is 0.304. The maximum Gasteiger partial charge on any atom is 0.255 e. The topological polar surface area (TPSA) is 192 Å². The third kappa shape index (κ3) is 6.23. The molecule has 0 aliphatic carbocycles. The Morgan fingerprint density at radius 2 is 1.88 bits per heavy atom. The Morgan fingerprint density at radius 3 is 2.62 bits per heavy atom. The zero-order valence-electron chi connectivity index (χ0n) is 18.6. The lowest BCUT2D eigenvalue weighted by Crippen LogP contribution is -2.47. The number of unbranched alkanes of at least 4 members (excludes halogenated alkanes) is 1. The monoisotopic (exact) mass is 468 g/mol. The lowest BCUT2D eigenvalue weighted by atomic mass is 10.1. The number of hydrogen-bond acceptors (Lipinski definition) is 7. The minimum atomic E-state index is -0.882. The average Bonchev–Trinajstić information content (AvgIpc) is 2.81. The summed E-state index contributed by atoms with van der Waals surface area (Å²) in [4.78, 5) is 50.0. The van der Waals surface area contributed by atoms with E-state index in [2.05, 4.69) is 16.0 Å². The minimum absolute atomic E-state index is 0.0247. The number of nitrogens with two attached hydrogens (primary N) is 3. The molecule has 0 saturated heterocycles. The van der Waals surface area contributed by atoms with E-state index in [0.717, 1.165) is 0 Å². The molecular formula is C23H28N6O5. The lowest BCUT2D eigenvalue weighted by Gasteiger charge is -2.21. The van der Waals surface area contributed by atoms with Crippen LogP contribution in [-0.2, 0) is 16.2 Å². The molecule has 180 valence electrons. The van der Waals surface area contributed by atoms with Crippen molar-refractivity contribution >= 4 is 35.0 Å². The van der Waals surface area contributed by atoms with Crippen LogP contribution in [0.4, 0.5) is 11.4 Å². The molecule has 2 aromatic rings. The highest BCUT2D eigenvalue weighted by Crippen LogP contribution is 2.25. The number of fused-ring (bicyclic) bond motifs is 2. The van der Waals surface area contributed by atoms with Gasteiger partial charge in [0.1, 0.15) is 18.4 Å². The SMILES string of the molecule is NCCCCC1NC(=O)CNC(=O)c2cc(N)ccc2OCc2ccc(C(N)=O)cc2NC1=O. The standard InChI is InChI=1S/C23H28N6O5/c24-8-2-1-3-17-23(33)29-18-9-13(21(26)31)4-5-14(18)12-34-19-7-6-15(25)10-16(19)22(32)27-11-20(30)28-17/h4-7,9-10,17H,1-3,8,11-12,24-25H2,(H2,26,31)(H,27,32)(H,28,30)(H,29,33).